The van der Waals surface area contributed by atoms with Crippen LogP contribution in [0.25, 0.3) is 0 Å². The minimum Gasteiger partial charge on any atom is -0.487 e. The highest BCUT2D eigenvalue weighted by molar-refractivity contribution is 9.10. The van der Waals surface area contributed by atoms with E-state index in [1.165, 1.54) is 11.0 Å². The Bertz CT molecular complexity index is 685. The Hall–Kier alpha value is -1.82. The van der Waals surface area contributed by atoms with E-state index in [-0.39, 0.29) is 30.0 Å². The molecule has 1 heterocycles. The highest BCUT2D eigenvalue weighted by atomic mass is 79.9. The van der Waals surface area contributed by atoms with Crippen LogP contribution in [-0.4, -0.2) is 35.9 Å². The van der Waals surface area contributed by atoms with Crippen LogP contribution in [0, 0.1) is 0 Å². The number of carbonyl (C=O) groups excluding carboxylic acids is 2. The molecule has 1 aromatic carbocycles. The summed E-state index contributed by atoms with van der Waals surface area (Å²) in [5.74, 6) is 0.390. The molecular formula is C18H21BrN2O3. The number of amides is 2. The zero-order valence-electron chi connectivity index (χ0n) is 13.7. The molecule has 24 heavy (non-hydrogen) atoms. The van der Waals surface area contributed by atoms with Crippen LogP contribution in [0.15, 0.2) is 35.3 Å². The standard InChI is InChI=1S/C18H21BrN2O3/c1-3-17(23)21(2)11-16(22)20-14-10-18(7-4-8-18)24-15-6-5-12(19)9-13(14)15/h3,5-6,9,14H,1,4,7-8,10-11H2,2H3,(H,20,22). The quantitative estimate of drug-likeness (QED) is 0.801. The summed E-state index contributed by atoms with van der Waals surface area (Å²) < 4.78 is 7.16. The van der Waals surface area contributed by atoms with Crippen molar-refractivity contribution in [1.82, 2.24) is 10.2 Å². The van der Waals surface area contributed by atoms with Crippen LogP contribution in [0.3, 0.4) is 0 Å². The van der Waals surface area contributed by atoms with E-state index in [0.717, 1.165) is 41.5 Å². The molecule has 1 aliphatic carbocycles. The minimum absolute atomic E-state index is 0.0124. The third kappa shape index (κ3) is 3.34. The molecule has 1 aromatic rings. The first kappa shape index (κ1) is 17.0. The van der Waals surface area contributed by atoms with Crippen LogP contribution in [0.5, 0.6) is 5.75 Å². The lowest BCUT2D eigenvalue weighted by molar-refractivity contribution is -0.132. The van der Waals surface area contributed by atoms with E-state index < -0.39 is 0 Å². The van der Waals surface area contributed by atoms with E-state index >= 15 is 0 Å². The number of hydrogen-bond donors (Lipinski definition) is 1. The first-order valence-electron chi connectivity index (χ1n) is 8.08. The van der Waals surface area contributed by atoms with Gasteiger partial charge in [0, 0.05) is 23.5 Å². The second kappa shape index (κ2) is 6.59. The first-order valence-corrected chi connectivity index (χ1v) is 8.87. The molecule has 1 spiro atoms. The highest BCUT2D eigenvalue weighted by Crippen LogP contribution is 2.49. The number of ether oxygens (including phenoxy) is 1. The summed E-state index contributed by atoms with van der Waals surface area (Å²) in [7, 11) is 1.59. The molecule has 1 saturated carbocycles. The Kier molecular flexibility index (Phi) is 4.67. The van der Waals surface area contributed by atoms with Crippen LogP contribution in [0.1, 0.15) is 37.3 Å². The number of carbonyl (C=O) groups is 2. The summed E-state index contributed by atoms with van der Waals surface area (Å²) in [4.78, 5) is 25.3. The van der Waals surface area contributed by atoms with Crippen molar-refractivity contribution in [2.45, 2.75) is 37.3 Å². The van der Waals surface area contributed by atoms with E-state index in [1.807, 2.05) is 18.2 Å². The van der Waals surface area contributed by atoms with Crippen LogP contribution in [0.4, 0.5) is 0 Å². The molecule has 0 saturated heterocycles. The van der Waals surface area contributed by atoms with E-state index in [1.54, 1.807) is 7.05 Å². The van der Waals surface area contributed by atoms with Crippen molar-refractivity contribution in [2.75, 3.05) is 13.6 Å². The number of halogens is 1. The normalized spacial score (nSPS) is 20.3. The van der Waals surface area contributed by atoms with Gasteiger partial charge in [-0.05, 0) is 43.5 Å². The van der Waals surface area contributed by atoms with Crippen molar-refractivity contribution in [1.29, 1.82) is 0 Å². The maximum Gasteiger partial charge on any atom is 0.246 e. The molecule has 3 rings (SSSR count). The third-order valence-electron chi connectivity index (χ3n) is 4.78. The first-order chi connectivity index (χ1) is 11.4. The monoisotopic (exact) mass is 392 g/mol. The van der Waals surface area contributed by atoms with Gasteiger partial charge in [0.15, 0.2) is 0 Å². The fourth-order valence-electron chi connectivity index (χ4n) is 3.34. The lowest BCUT2D eigenvalue weighted by Crippen LogP contribution is -2.50. The van der Waals surface area contributed by atoms with Crippen LogP contribution in [-0.2, 0) is 9.59 Å². The maximum absolute atomic E-state index is 12.4. The highest BCUT2D eigenvalue weighted by Gasteiger charge is 2.46. The molecule has 1 aliphatic heterocycles. The second-order valence-electron chi connectivity index (χ2n) is 6.54. The van der Waals surface area contributed by atoms with Crippen LogP contribution in [0.2, 0.25) is 0 Å². The fraction of sp³-hybridized carbons (Fsp3) is 0.444. The predicted molar refractivity (Wildman–Crippen MR) is 94.7 cm³/mol. The van der Waals surface area contributed by atoms with Crippen LogP contribution >= 0.6 is 15.9 Å². The second-order valence-corrected chi connectivity index (χ2v) is 7.46. The lowest BCUT2D eigenvalue weighted by atomic mass is 9.73. The molecule has 0 aromatic heterocycles. The van der Waals surface area contributed by atoms with E-state index in [2.05, 4.69) is 27.8 Å². The molecule has 0 bridgehead atoms. The summed E-state index contributed by atoms with van der Waals surface area (Å²) >= 11 is 3.48. The van der Waals surface area contributed by atoms with Gasteiger partial charge in [-0.25, -0.2) is 0 Å². The number of nitrogens with zero attached hydrogens (tertiary/aromatic N) is 1. The van der Waals surface area contributed by atoms with Crippen molar-refractivity contribution in [3.8, 4) is 5.75 Å². The van der Waals surface area contributed by atoms with Crippen molar-refractivity contribution in [3.63, 3.8) is 0 Å². The Morgan fingerprint density at radius 1 is 1.50 bits per heavy atom. The van der Waals surface area contributed by atoms with Gasteiger partial charge in [0.2, 0.25) is 11.8 Å². The Balaban J connectivity index is 1.76. The van der Waals surface area contributed by atoms with Crippen molar-refractivity contribution in [3.05, 3.63) is 40.9 Å². The van der Waals surface area contributed by atoms with Gasteiger partial charge in [-0.15, -0.1) is 0 Å². The van der Waals surface area contributed by atoms with Gasteiger partial charge in [0.1, 0.15) is 11.4 Å². The minimum atomic E-state index is -0.268. The summed E-state index contributed by atoms with van der Waals surface area (Å²) in [6.07, 6.45) is 5.16. The summed E-state index contributed by atoms with van der Waals surface area (Å²) in [6, 6.07) is 5.79. The largest absolute Gasteiger partial charge is 0.487 e. The lowest BCUT2D eigenvalue weighted by Gasteiger charge is -2.48. The number of rotatable bonds is 4. The molecule has 6 heteroatoms. The molecule has 128 valence electrons. The summed E-state index contributed by atoms with van der Waals surface area (Å²) in [5.41, 5.74) is 0.828. The molecule has 1 fully saturated rings. The zero-order chi connectivity index (χ0) is 17.3. The average molecular weight is 393 g/mol. The van der Waals surface area contributed by atoms with Gasteiger partial charge in [-0.1, -0.05) is 22.5 Å². The molecule has 2 amide bonds. The molecule has 5 nitrogen and oxygen atoms in total. The number of fused-ring (bicyclic) bond motifs is 1. The number of hydrogen-bond acceptors (Lipinski definition) is 3. The smallest absolute Gasteiger partial charge is 0.246 e. The fourth-order valence-corrected chi connectivity index (χ4v) is 3.72. The Morgan fingerprint density at radius 2 is 2.25 bits per heavy atom. The molecule has 2 aliphatic rings. The van der Waals surface area contributed by atoms with Gasteiger partial charge in [-0.3, -0.25) is 9.59 Å². The molecule has 1 N–H and O–H groups in total. The Labute approximate surface area is 150 Å². The van der Waals surface area contributed by atoms with Gasteiger partial charge >= 0.3 is 0 Å². The van der Waals surface area contributed by atoms with Crippen LogP contribution < -0.4 is 10.1 Å². The topological polar surface area (TPSA) is 58.6 Å². The SMILES string of the molecule is C=CC(=O)N(C)CC(=O)NC1CC2(CCC2)Oc2ccc(Br)cc21. The van der Waals surface area contributed by atoms with Gasteiger partial charge in [-0.2, -0.15) is 0 Å². The van der Waals surface area contributed by atoms with Crippen molar-refractivity contribution < 1.29 is 14.3 Å². The average Bonchev–Trinajstić information content (AvgIpc) is 2.52. The number of nitrogens with one attached hydrogen (secondary N) is 1. The van der Waals surface area contributed by atoms with E-state index in [0.29, 0.717) is 0 Å². The third-order valence-corrected chi connectivity index (χ3v) is 5.27. The zero-order valence-corrected chi connectivity index (χ0v) is 15.3. The van der Waals surface area contributed by atoms with Gasteiger partial charge in [0.25, 0.3) is 0 Å². The predicted octanol–water partition coefficient (Wildman–Crippen LogP) is 2.96. The summed E-state index contributed by atoms with van der Waals surface area (Å²) in [6.45, 7) is 3.45. The van der Waals surface area contributed by atoms with Gasteiger partial charge in [0.05, 0.1) is 12.6 Å². The van der Waals surface area contributed by atoms with E-state index in [4.69, 9.17) is 4.74 Å². The summed E-state index contributed by atoms with van der Waals surface area (Å²) in [5, 5.41) is 3.07. The van der Waals surface area contributed by atoms with Crippen molar-refractivity contribution >= 4 is 27.7 Å². The number of likely N-dealkylation sites (N-methyl/N-ethyl adjacent to an activating group) is 1. The Morgan fingerprint density at radius 3 is 2.88 bits per heavy atom. The number of benzene rings is 1. The molecule has 0 radical (unpaired) electrons. The molecular weight excluding hydrogens is 372 g/mol. The molecule has 1 unspecified atom stereocenters. The van der Waals surface area contributed by atoms with Crippen molar-refractivity contribution in [2.24, 2.45) is 0 Å². The van der Waals surface area contributed by atoms with Gasteiger partial charge < -0.3 is 15.0 Å². The van der Waals surface area contributed by atoms with E-state index in [9.17, 15) is 9.59 Å². The molecule has 1 atom stereocenters. The maximum atomic E-state index is 12.4.